The molecule has 1 N–H and O–H groups in total. The summed E-state index contributed by atoms with van der Waals surface area (Å²) >= 11 is 1.13. The lowest BCUT2D eigenvalue weighted by atomic mass is 10.0. The number of nitrogens with one attached hydrogen (secondary N) is 1. The number of aliphatic imine (C=N–C) groups is 1. The normalized spacial score (nSPS) is 28.0. The Hall–Kier alpha value is -1.86. The van der Waals surface area contributed by atoms with Crippen LogP contribution in [0.15, 0.2) is 35.3 Å². The van der Waals surface area contributed by atoms with E-state index in [1.165, 1.54) is 0 Å². The highest BCUT2D eigenvalue weighted by atomic mass is 32.2. The molecule has 2 fully saturated rings. The van der Waals surface area contributed by atoms with Crippen LogP contribution in [0.3, 0.4) is 0 Å². The number of benzene rings is 1. The lowest BCUT2D eigenvalue weighted by molar-refractivity contribution is -0.146. The van der Waals surface area contributed by atoms with Gasteiger partial charge < -0.3 is 14.8 Å². The molecule has 2 atom stereocenters. The topological polar surface area (TPSA) is 77.0 Å². The summed E-state index contributed by atoms with van der Waals surface area (Å²) in [5, 5.41) is 3.12. The number of para-hydroxylation sites is 1. The number of nitrogens with zero attached hydrogens (tertiary/aromatic N) is 1. The molecule has 2 heterocycles. The van der Waals surface area contributed by atoms with Crippen LogP contribution in [0.2, 0.25) is 0 Å². The highest BCUT2D eigenvalue weighted by molar-refractivity contribution is 8.17. The van der Waals surface area contributed by atoms with Crippen LogP contribution < -0.4 is 5.32 Å². The van der Waals surface area contributed by atoms with E-state index in [2.05, 4.69) is 24.2 Å². The van der Waals surface area contributed by atoms with Gasteiger partial charge in [0, 0.05) is 13.0 Å². The lowest BCUT2D eigenvalue weighted by Crippen LogP contribution is -2.40. The smallest absolute Gasteiger partial charge is 0.332 e. The zero-order chi connectivity index (χ0) is 17.2. The quantitative estimate of drug-likeness (QED) is 0.652. The second-order valence-corrected chi connectivity index (χ2v) is 7.59. The van der Waals surface area contributed by atoms with Gasteiger partial charge in [0.1, 0.15) is 6.10 Å². The summed E-state index contributed by atoms with van der Waals surface area (Å²) in [6, 6.07) is 9.28. The van der Waals surface area contributed by atoms with Crippen molar-refractivity contribution in [2.45, 2.75) is 31.1 Å². The third-order valence-corrected chi connectivity index (χ3v) is 4.97. The van der Waals surface area contributed by atoms with E-state index in [0.717, 1.165) is 17.4 Å². The van der Waals surface area contributed by atoms with Gasteiger partial charge in [0.05, 0.1) is 12.3 Å². The minimum Gasteiger partial charge on any atom is -0.458 e. The molecule has 1 amide bonds. The molecule has 0 radical (unpaired) electrons. The monoisotopic (exact) mass is 348 g/mol. The summed E-state index contributed by atoms with van der Waals surface area (Å²) in [4.78, 5) is 29.1. The second-order valence-electron chi connectivity index (χ2n) is 6.30. The number of amides is 1. The largest absolute Gasteiger partial charge is 0.458 e. The molecule has 0 aliphatic carbocycles. The van der Waals surface area contributed by atoms with Crippen molar-refractivity contribution in [2.24, 2.45) is 10.9 Å². The van der Waals surface area contributed by atoms with Crippen molar-refractivity contribution in [1.29, 1.82) is 0 Å². The van der Waals surface area contributed by atoms with E-state index in [0.29, 0.717) is 30.7 Å². The number of carbonyl (C=O) groups excluding carboxylic acids is 2. The zero-order valence-electron chi connectivity index (χ0n) is 13.7. The number of ether oxygens (including phenoxy) is 2. The number of hydrogen-bond donors (Lipinski definition) is 1. The Kier molecular flexibility index (Phi) is 4.91. The van der Waals surface area contributed by atoms with Gasteiger partial charge >= 0.3 is 5.97 Å². The SMILES string of the molecule is CC(C)COC[C@H]1C[C@]2(SC(=Nc3ccccc3)NC2=O)C(=O)O1. The number of cyclic esters (lactones) is 1. The van der Waals surface area contributed by atoms with Crippen molar-refractivity contribution < 1.29 is 19.1 Å². The van der Waals surface area contributed by atoms with Crippen LogP contribution in [0.4, 0.5) is 5.69 Å². The minimum absolute atomic E-state index is 0.300. The average molecular weight is 348 g/mol. The molecule has 7 heteroatoms. The van der Waals surface area contributed by atoms with E-state index < -0.39 is 16.8 Å². The maximum Gasteiger partial charge on any atom is 0.332 e. The van der Waals surface area contributed by atoms with Gasteiger partial charge in [0.15, 0.2) is 5.17 Å². The predicted octanol–water partition coefficient (Wildman–Crippen LogP) is 2.26. The first-order chi connectivity index (χ1) is 11.5. The van der Waals surface area contributed by atoms with E-state index in [1.807, 2.05) is 30.3 Å². The molecule has 0 bridgehead atoms. The second kappa shape index (κ2) is 6.94. The molecule has 1 aromatic rings. The van der Waals surface area contributed by atoms with Gasteiger partial charge in [0.25, 0.3) is 5.91 Å². The molecule has 6 nitrogen and oxygen atoms in total. The number of carbonyl (C=O) groups is 2. The van der Waals surface area contributed by atoms with Crippen molar-refractivity contribution in [1.82, 2.24) is 5.32 Å². The molecule has 2 aliphatic rings. The number of esters is 1. The first-order valence-electron chi connectivity index (χ1n) is 7.92. The zero-order valence-corrected chi connectivity index (χ0v) is 14.5. The van der Waals surface area contributed by atoms with E-state index in [1.54, 1.807) is 0 Å². The Morgan fingerprint density at radius 2 is 2.12 bits per heavy atom. The van der Waals surface area contributed by atoms with Gasteiger partial charge in [-0.05, 0) is 18.1 Å². The summed E-state index contributed by atoms with van der Waals surface area (Å²) in [5.74, 6) is -0.468. The molecule has 0 unspecified atom stereocenters. The third-order valence-electron chi connectivity index (χ3n) is 3.72. The number of thioether (sulfide) groups is 1. The fraction of sp³-hybridized carbons (Fsp3) is 0.471. The van der Waals surface area contributed by atoms with Crippen LogP contribution in [-0.4, -0.2) is 41.1 Å². The minimum atomic E-state index is -1.24. The predicted molar refractivity (Wildman–Crippen MR) is 92.2 cm³/mol. The molecule has 3 rings (SSSR count). The number of hydrogen-bond acceptors (Lipinski definition) is 6. The molecule has 0 aromatic heterocycles. The molecule has 2 aliphatic heterocycles. The molecule has 24 heavy (non-hydrogen) atoms. The van der Waals surface area contributed by atoms with Crippen LogP contribution in [0.5, 0.6) is 0 Å². The molecular formula is C17H20N2O4S. The van der Waals surface area contributed by atoms with E-state index in [9.17, 15) is 9.59 Å². The van der Waals surface area contributed by atoms with Crippen molar-refractivity contribution >= 4 is 34.5 Å². The molecule has 1 spiro atoms. The number of rotatable bonds is 5. The van der Waals surface area contributed by atoms with E-state index >= 15 is 0 Å². The van der Waals surface area contributed by atoms with Crippen LogP contribution in [-0.2, 0) is 19.1 Å². The molecule has 2 saturated heterocycles. The van der Waals surface area contributed by atoms with Crippen molar-refractivity contribution in [3.8, 4) is 0 Å². The van der Waals surface area contributed by atoms with E-state index in [4.69, 9.17) is 9.47 Å². The van der Waals surface area contributed by atoms with Crippen molar-refractivity contribution in [2.75, 3.05) is 13.2 Å². The third kappa shape index (κ3) is 3.47. The molecule has 0 saturated carbocycles. The van der Waals surface area contributed by atoms with Crippen LogP contribution >= 0.6 is 11.8 Å². The van der Waals surface area contributed by atoms with Crippen LogP contribution in [0, 0.1) is 5.92 Å². The average Bonchev–Trinajstić information content (AvgIpc) is 3.01. The van der Waals surface area contributed by atoms with Gasteiger partial charge in [-0.1, -0.05) is 43.8 Å². The maximum absolute atomic E-state index is 12.4. The standard InChI is InChI=1S/C17H20N2O4S/c1-11(2)9-22-10-13-8-17(15(21)23-13)14(20)19-16(24-17)18-12-6-4-3-5-7-12/h3-7,11,13H,8-10H2,1-2H3,(H,18,19,20)/t13-,17-/m1/s1. The summed E-state index contributed by atoms with van der Waals surface area (Å²) in [5.41, 5.74) is 0.723. The molecular weight excluding hydrogens is 328 g/mol. The Balaban J connectivity index is 1.68. The van der Waals surface area contributed by atoms with Crippen LogP contribution in [0.1, 0.15) is 20.3 Å². The lowest BCUT2D eigenvalue weighted by Gasteiger charge is -2.12. The maximum atomic E-state index is 12.4. The van der Waals surface area contributed by atoms with Gasteiger partial charge in [-0.3, -0.25) is 4.79 Å². The van der Waals surface area contributed by atoms with E-state index in [-0.39, 0.29) is 5.91 Å². The Labute approximate surface area is 145 Å². The summed E-state index contributed by atoms with van der Waals surface area (Å²) in [6.07, 6.45) is -0.0978. The number of amidine groups is 1. The van der Waals surface area contributed by atoms with Crippen molar-refractivity contribution in [3.05, 3.63) is 30.3 Å². The Morgan fingerprint density at radius 3 is 2.83 bits per heavy atom. The molecule has 1 aromatic carbocycles. The first kappa shape index (κ1) is 17.0. The summed E-state index contributed by atoms with van der Waals surface area (Å²) in [7, 11) is 0. The Morgan fingerprint density at radius 1 is 1.38 bits per heavy atom. The summed E-state index contributed by atoms with van der Waals surface area (Å²) < 4.78 is 9.65. The Bertz CT molecular complexity index is 662. The fourth-order valence-electron chi connectivity index (χ4n) is 2.59. The van der Waals surface area contributed by atoms with Gasteiger partial charge in [-0.2, -0.15) is 0 Å². The molecule has 128 valence electrons. The highest BCUT2D eigenvalue weighted by Gasteiger charge is 2.60. The van der Waals surface area contributed by atoms with Gasteiger partial charge in [-0.25, -0.2) is 9.79 Å². The fourth-order valence-corrected chi connectivity index (χ4v) is 3.76. The van der Waals surface area contributed by atoms with Crippen molar-refractivity contribution in [3.63, 3.8) is 0 Å². The van der Waals surface area contributed by atoms with Gasteiger partial charge in [-0.15, -0.1) is 0 Å². The van der Waals surface area contributed by atoms with Crippen LogP contribution in [0.25, 0.3) is 0 Å². The highest BCUT2D eigenvalue weighted by Crippen LogP contribution is 2.43. The van der Waals surface area contributed by atoms with Gasteiger partial charge in [0.2, 0.25) is 4.75 Å². The summed E-state index contributed by atoms with van der Waals surface area (Å²) in [6.45, 7) is 5.01. The first-order valence-corrected chi connectivity index (χ1v) is 8.74.